The maximum atomic E-state index is 5.39. The van der Waals surface area contributed by atoms with Crippen LogP contribution in [0, 0.1) is 0 Å². The molecule has 78 valence electrons. The van der Waals surface area contributed by atoms with E-state index in [1.807, 2.05) is 0 Å². The molecule has 2 rings (SSSR count). The van der Waals surface area contributed by atoms with Gasteiger partial charge in [0.05, 0.1) is 6.33 Å². The van der Waals surface area contributed by atoms with E-state index in [0.29, 0.717) is 29.6 Å². The molecule has 0 aliphatic carbocycles. The minimum absolute atomic E-state index is 0.397. The zero-order valence-electron chi connectivity index (χ0n) is 8.32. The average molecular weight is 205 g/mol. The lowest BCUT2D eigenvalue weighted by atomic mass is 10.5. The molecule has 0 atom stereocenters. The molecule has 2 N–H and O–H groups in total. The topological polar surface area (TPSA) is 75.7 Å². The first-order chi connectivity index (χ1) is 7.35. The van der Waals surface area contributed by atoms with Gasteiger partial charge in [0.1, 0.15) is 12.1 Å². The number of imidazole rings is 1. The second-order valence-corrected chi connectivity index (χ2v) is 2.80. The largest absolute Gasteiger partial charge is 0.472 e. The summed E-state index contributed by atoms with van der Waals surface area (Å²) in [4.78, 5) is 15.3. The van der Waals surface area contributed by atoms with Gasteiger partial charge in [0.15, 0.2) is 5.65 Å². The van der Waals surface area contributed by atoms with E-state index < -0.39 is 0 Å². The molecule has 0 saturated heterocycles. The molecule has 0 amide bonds. The summed E-state index contributed by atoms with van der Waals surface area (Å²) >= 11 is 0. The maximum Gasteiger partial charge on any atom is 0.245 e. The van der Waals surface area contributed by atoms with E-state index in [9.17, 15) is 0 Å². The highest BCUT2D eigenvalue weighted by atomic mass is 16.5. The van der Waals surface area contributed by atoms with Crippen molar-refractivity contribution in [3.05, 3.63) is 19.0 Å². The molecule has 0 saturated carbocycles. The monoisotopic (exact) mass is 205 g/mol. The van der Waals surface area contributed by atoms with E-state index in [0.717, 1.165) is 0 Å². The molecule has 6 heteroatoms. The molecule has 0 bridgehead atoms. The molecule has 0 unspecified atom stereocenters. The quantitative estimate of drug-likeness (QED) is 0.727. The van der Waals surface area contributed by atoms with Gasteiger partial charge in [0.2, 0.25) is 11.8 Å². The number of hydrogen-bond acceptors (Lipinski definition) is 5. The first-order valence-electron chi connectivity index (χ1n) is 4.47. The van der Waals surface area contributed by atoms with E-state index in [2.05, 4.69) is 31.8 Å². The van der Waals surface area contributed by atoms with Crippen LogP contribution in [-0.4, -0.2) is 33.6 Å². The molecule has 2 aromatic rings. The number of aromatic amines is 1. The van der Waals surface area contributed by atoms with Crippen LogP contribution in [0.25, 0.3) is 11.2 Å². The zero-order valence-corrected chi connectivity index (χ0v) is 8.32. The van der Waals surface area contributed by atoms with Crippen molar-refractivity contribution in [3.8, 4) is 5.88 Å². The number of hydrogen-bond donors (Lipinski definition) is 2. The summed E-state index contributed by atoms with van der Waals surface area (Å²) in [5, 5.41) is 2.84. The van der Waals surface area contributed by atoms with Crippen molar-refractivity contribution in [2.75, 3.05) is 19.0 Å². The Balaban J connectivity index is 2.48. The Morgan fingerprint density at radius 3 is 3.20 bits per heavy atom. The smallest absolute Gasteiger partial charge is 0.245 e. The number of ether oxygens (including phenoxy) is 1. The number of aromatic nitrogens is 4. The van der Waals surface area contributed by atoms with Crippen molar-refractivity contribution in [3.63, 3.8) is 0 Å². The number of fused-ring (bicyclic) bond motifs is 1. The summed E-state index contributed by atoms with van der Waals surface area (Å²) in [5.41, 5.74) is 1.27. The van der Waals surface area contributed by atoms with Gasteiger partial charge >= 0.3 is 0 Å². The van der Waals surface area contributed by atoms with Gasteiger partial charge in [-0.15, -0.1) is 0 Å². The summed E-state index contributed by atoms with van der Waals surface area (Å²) in [6.07, 6.45) is 3.21. The van der Waals surface area contributed by atoms with Gasteiger partial charge < -0.3 is 15.0 Å². The van der Waals surface area contributed by atoms with Crippen molar-refractivity contribution < 1.29 is 4.74 Å². The molecule has 0 aromatic carbocycles. The highest BCUT2D eigenvalue weighted by Gasteiger charge is 2.09. The van der Waals surface area contributed by atoms with E-state index >= 15 is 0 Å². The lowest BCUT2D eigenvalue weighted by molar-refractivity contribution is 0.353. The number of nitrogens with one attached hydrogen (secondary N) is 2. The molecule has 0 fully saturated rings. The summed E-state index contributed by atoms with van der Waals surface area (Å²) in [6.45, 7) is 3.97. The lowest BCUT2D eigenvalue weighted by Crippen LogP contribution is -2.02. The van der Waals surface area contributed by atoms with Crippen LogP contribution in [0.15, 0.2) is 19.0 Å². The summed E-state index contributed by atoms with van der Waals surface area (Å²) in [6, 6.07) is 0. The summed E-state index contributed by atoms with van der Waals surface area (Å²) in [7, 11) is 1.74. The van der Waals surface area contributed by atoms with Crippen LogP contribution in [0.5, 0.6) is 5.88 Å². The number of anilines is 1. The van der Waals surface area contributed by atoms with Crippen molar-refractivity contribution in [2.24, 2.45) is 0 Å². The molecule has 0 aliphatic heterocycles. The van der Waals surface area contributed by atoms with Gasteiger partial charge in [0.25, 0.3) is 0 Å². The van der Waals surface area contributed by atoms with Crippen molar-refractivity contribution in [1.29, 1.82) is 0 Å². The Kier molecular flexibility index (Phi) is 2.49. The number of rotatable bonds is 4. The van der Waals surface area contributed by atoms with Crippen LogP contribution >= 0.6 is 0 Å². The van der Waals surface area contributed by atoms with Crippen LogP contribution in [0.2, 0.25) is 0 Å². The van der Waals surface area contributed by atoms with E-state index in [4.69, 9.17) is 4.74 Å². The lowest BCUT2D eigenvalue weighted by Gasteiger charge is -2.04. The van der Waals surface area contributed by atoms with Crippen molar-refractivity contribution >= 4 is 17.1 Å². The molecule has 2 aromatic heterocycles. The second-order valence-electron chi connectivity index (χ2n) is 2.80. The number of H-pyrrole nitrogens is 1. The Labute approximate surface area is 86.4 Å². The van der Waals surface area contributed by atoms with Gasteiger partial charge in [-0.05, 0) is 0 Å². The Morgan fingerprint density at radius 1 is 1.60 bits per heavy atom. The van der Waals surface area contributed by atoms with E-state index in [1.54, 1.807) is 19.5 Å². The first-order valence-corrected chi connectivity index (χ1v) is 4.47. The Morgan fingerprint density at radius 2 is 2.47 bits per heavy atom. The molecule has 2 heterocycles. The third-order valence-corrected chi connectivity index (χ3v) is 1.81. The minimum atomic E-state index is 0.397. The van der Waals surface area contributed by atoms with E-state index in [1.165, 1.54) is 0 Å². The fourth-order valence-electron chi connectivity index (χ4n) is 1.16. The molecule has 6 nitrogen and oxygen atoms in total. The third kappa shape index (κ3) is 1.74. The fourth-order valence-corrected chi connectivity index (χ4v) is 1.16. The van der Waals surface area contributed by atoms with E-state index in [-0.39, 0.29) is 0 Å². The van der Waals surface area contributed by atoms with Gasteiger partial charge in [-0.25, -0.2) is 4.98 Å². The summed E-state index contributed by atoms with van der Waals surface area (Å²) in [5.74, 6) is 0.954. The molecule has 0 spiro atoms. The standard InChI is InChI=1S/C9H11N5O/c1-3-4-15-8-6-7(12-5-11-6)13-9(10-2)14-8/h3,5H,1,4H2,2H3,(H2,10,11,12,13,14). The highest BCUT2D eigenvalue weighted by molar-refractivity contribution is 5.76. The maximum absolute atomic E-state index is 5.39. The predicted molar refractivity (Wildman–Crippen MR) is 56.9 cm³/mol. The van der Waals surface area contributed by atoms with Gasteiger partial charge in [0, 0.05) is 7.05 Å². The Hall–Kier alpha value is -2.11. The molecule has 15 heavy (non-hydrogen) atoms. The van der Waals surface area contributed by atoms with Gasteiger partial charge in [-0.1, -0.05) is 12.7 Å². The van der Waals surface area contributed by atoms with Gasteiger partial charge in [-0.3, -0.25) is 0 Å². The Bertz CT molecular complexity index is 478. The van der Waals surface area contributed by atoms with Crippen molar-refractivity contribution in [2.45, 2.75) is 0 Å². The van der Waals surface area contributed by atoms with Crippen LogP contribution in [-0.2, 0) is 0 Å². The van der Waals surface area contributed by atoms with Crippen molar-refractivity contribution in [1.82, 2.24) is 19.9 Å². The van der Waals surface area contributed by atoms with Crippen LogP contribution < -0.4 is 10.1 Å². The first kappa shape index (κ1) is 9.45. The molecular weight excluding hydrogens is 194 g/mol. The molecule has 0 aliphatic rings. The van der Waals surface area contributed by atoms with Gasteiger partial charge in [-0.2, -0.15) is 9.97 Å². The predicted octanol–water partition coefficient (Wildman–Crippen LogP) is 0.959. The van der Waals surface area contributed by atoms with Crippen LogP contribution in [0.4, 0.5) is 5.95 Å². The average Bonchev–Trinajstić information content (AvgIpc) is 2.73. The fraction of sp³-hybridized carbons (Fsp3) is 0.222. The highest BCUT2D eigenvalue weighted by Crippen LogP contribution is 2.20. The van der Waals surface area contributed by atoms with Crippen LogP contribution in [0.1, 0.15) is 0 Å². The summed E-state index contributed by atoms with van der Waals surface area (Å²) < 4.78 is 5.39. The molecular formula is C9H11N5O. The molecule has 0 radical (unpaired) electrons. The number of nitrogens with zero attached hydrogens (tertiary/aromatic N) is 3. The van der Waals surface area contributed by atoms with Crippen LogP contribution in [0.3, 0.4) is 0 Å². The normalized spacial score (nSPS) is 10.2. The zero-order chi connectivity index (χ0) is 10.7. The third-order valence-electron chi connectivity index (χ3n) is 1.81. The second kappa shape index (κ2) is 3.95. The SMILES string of the molecule is C=CCOc1nc(NC)nc2nc[nH]c12. The minimum Gasteiger partial charge on any atom is -0.472 e.